The van der Waals surface area contributed by atoms with Crippen LogP contribution in [0.1, 0.15) is 32.6 Å². The van der Waals surface area contributed by atoms with E-state index in [1.54, 1.807) is 12.1 Å². The summed E-state index contributed by atoms with van der Waals surface area (Å²) in [6, 6.07) is 9.92. The summed E-state index contributed by atoms with van der Waals surface area (Å²) in [6.07, 6.45) is 0.0886. The lowest BCUT2D eigenvalue weighted by molar-refractivity contribution is 0.103. The number of ether oxygens (including phenoxy) is 1. The third kappa shape index (κ3) is 2.33. The van der Waals surface area contributed by atoms with Crippen LogP contribution in [0.2, 0.25) is 0 Å². The van der Waals surface area contributed by atoms with Gasteiger partial charge in [-0.05, 0) is 30.7 Å². The number of carboxylic acid groups (broad SMARTS) is 1. The Balaban J connectivity index is 1.93. The Bertz CT molecular complexity index is 816. The standard InChI is InChI=1S/C17H12O5/c1-9-2-4-10(5-3-9)16(19)13-6-11-7-15(22-17(20)21)12(11)8-14(13)18/h2-8,18H,1H3,(H,20,21). The van der Waals surface area contributed by atoms with E-state index in [0.29, 0.717) is 16.7 Å². The van der Waals surface area contributed by atoms with Crippen LogP contribution < -0.4 is 0 Å². The van der Waals surface area contributed by atoms with Gasteiger partial charge >= 0.3 is 6.16 Å². The highest BCUT2D eigenvalue weighted by Crippen LogP contribution is 2.38. The summed E-state index contributed by atoms with van der Waals surface area (Å²) in [5, 5.41) is 18.6. The first-order valence-corrected chi connectivity index (χ1v) is 6.57. The highest BCUT2D eigenvalue weighted by molar-refractivity contribution is 6.12. The van der Waals surface area contributed by atoms with Gasteiger partial charge in [0, 0.05) is 11.1 Å². The smallest absolute Gasteiger partial charge is 0.507 e. The van der Waals surface area contributed by atoms with Crippen LogP contribution >= 0.6 is 0 Å². The van der Waals surface area contributed by atoms with Gasteiger partial charge in [0.2, 0.25) is 0 Å². The predicted molar refractivity (Wildman–Crippen MR) is 79.7 cm³/mol. The molecular weight excluding hydrogens is 284 g/mol. The molecule has 2 N–H and O–H groups in total. The first-order valence-electron chi connectivity index (χ1n) is 6.57. The van der Waals surface area contributed by atoms with Crippen LogP contribution in [-0.4, -0.2) is 22.2 Å². The van der Waals surface area contributed by atoms with Gasteiger partial charge in [0.1, 0.15) is 11.5 Å². The first-order chi connectivity index (χ1) is 10.5. The molecule has 0 radical (unpaired) electrons. The number of aryl methyl sites for hydroxylation is 1. The van der Waals surface area contributed by atoms with Crippen LogP contribution in [0.5, 0.6) is 5.75 Å². The molecule has 0 amide bonds. The van der Waals surface area contributed by atoms with Gasteiger partial charge in [-0.15, -0.1) is 0 Å². The minimum Gasteiger partial charge on any atom is -0.507 e. The monoisotopic (exact) mass is 296 g/mol. The molecule has 0 saturated heterocycles. The van der Waals surface area contributed by atoms with Crippen LogP contribution in [0.4, 0.5) is 4.79 Å². The molecule has 0 atom stereocenters. The van der Waals surface area contributed by atoms with E-state index in [2.05, 4.69) is 4.74 Å². The molecule has 5 heteroatoms. The van der Waals surface area contributed by atoms with Crippen molar-refractivity contribution in [2.45, 2.75) is 6.92 Å². The van der Waals surface area contributed by atoms with E-state index in [1.165, 1.54) is 18.2 Å². The zero-order chi connectivity index (χ0) is 15.9. The fourth-order valence-electron chi connectivity index (χ4n) is 2.30. The molecule has 0 heterocycles. The number of aromatic hydroxyl groups is 1. The molecule has 0 aromatic heterocycles. The molecule has 5 nitrogen and oxygen atoms in total. The highest BCUT2D eigenvalue weighted by Gasteiger charge is 2.25. The van der Waals surface area contributed by atoms with Crippen LogP contribution in [0.15, 0.2) is 36.4 Å². The second-order valence-corrected chi connectivity index (χ2v) is 5.03. The van der Waals surface area contributed by atoms with Crippen molar-refractivity contribution in [1.82, 2.24) is 0 Å². The second-order valence-electron chi connectivity index (χ2n) is 5.03. The van der Waals surface area contributed by atoms with Gasteiger partial charge in [-0.3, -0.25) is 4.79 Å². The zero-order valence-corrected chi connectivity index (χ0v) is 11.7. The molecule has 2 aromatic carbocycles. The van der Waals surface area contributed by atoms with Crippen molar-refractivity contribution < 1.29 is 24.5 Å². The summed E-state index contributed by atoms with van der Waals surface area (Å²) in [6.45, 7) is 1.92. The molecule has 0 aliphatic heterocycles. The van der Waals surface area contributed by atoms with Crippen LogP contribution in [0.25, 0.3) is 11.8 Å². The maximum atomic E-state index is 12.4. The molecule has 3 rings (SSSR count). The summed E-state index contributed by atoms with van der Waals surface area (Å²) in [7, 11) is 0. The molecule has 0 spiro atoms. The Labute approximate surface area is 126 Å². The normalized spacial score (nSPS) is 12.0. The number of fused-ring (bicyclic) bond motifs is 1. The van der Waals surface area contributed by atoms with Gasteiger partial charge in [0.15, 0.2) is 5.78 Å². The summed E-state index contributed by atoms with van der Waals surface area (Å²) in [4.78, 5) is 22.9. The van der Waals surface area contributed by atoms with Crippen molar-refractivity contribution in [3.8, 4) is 5.75 Å². The SMILES string of the molecule is Cc1ccc(C(=O)c2cc3c(cc2O)C(OC(=O)O)=C3)cc1. The van der Waals surface area contributed by atoms with Crippen molar-refractivity contribution >= 4 is 23.8 Å². The summed E-state index contributed by atoms with van der Waals surface area (Å²) in [5.41, 5.74) is 2.82. The second kappa shape index (κ2) is 5.04. The average molecular weight is 296 g/mol. The Hall–Kier alpha value is -3.08. The van der Waals surface area contributed by atoms with E-state index in [0.717, 1.165) is 5.56 Å². The number of carbonyl (C=O) groups excluding carboxylic acids is 1. The maximum absolute atomic E-state index is 12.4. The van der Waals surface area contributed by atoms with Crippen molar-refractivity contribution in [3.05, 3.63) is 64.2 Å². The van der Waals surface area contributed by atoms with E-state index < -0.39 is 6.16 Å². The van der Waals surface area contributed by atoms with Gasteiger partial charge in [-0.25, -0.2) is 4.79 Å². The van der Waals surface area contributed by atoms with E-state index in [-0.39, 0.29) is 22.9 Å². The van der Waals surface area contributed by atoms with Gasteiger partial charge in [-0.2, -0.15) is 0 Å². The first kappa shape index (κ1) is 13.9. The minimum absolute atomic E-state index is 0.159. The van der Waals surface area contributed by atoms with E-state index >= 15 is 0 Å². The largest absolute Gasteiger partial charge is 0.511 e. The molecule has 0 bridgehead atoms. The Morgan fingerprint density at radius 3 is 2.41 bits per heavy atom. The Morgan fingerprint density at radius 1 is 1.09 bits per heavy atom. The van der Waals surface area contributed by atoms with E-state index in [1.807, 2.05) is 19.1 Å². The maximum Gasteiger partial charge on any atom is 0.511 e. The van der Waals surface area contributed by atoms with Crippen molar-refractivity contribution in [3.63, 3.8) is 0 Å². The number of benzene rings is 2. The van der Waals surface area contributed by atoms with Gasteiger partial charge in [-0.1, -0.05) is 29.8 Å². The average Bonchev–Trinajstić information content (AvgIpc) is 2.47. The number of phenolic OH excluding ortho intramolecular Hbond substituents is 1. The fourth-order valence-corrected chi connectivity index (χ4v) is 2.30. The van der Waals surface area contributed by atoms with Crippen molar-refractivity contribution in [1.29, 1.82) is 0 Å². The molecule has 2 aromatic rings. The van der Waals surface area contributed by atoms with Crippen molar-refractivity contribution in [2.24, 2.45) is 0 Å². The topological polar surface area (TPSA) is 83.8 Å². The third-order valence-electron chi connectivity index (χ3n) is 3.48. The van der Waals surface area contributed by atoms with E-state index in [4.69, 9.17) is 5.11 Å². The minimum atomic E-state index is -1.42. The number of ketones is 1. The third-order valence-corrected chi connectivity index (χ3v) is 3.48. The molecule has 0 unspecified atom stereocenters. The fraction of sp³-hybridized carbons (Fsp3) is 0.0588. The number of rotatable bonds is 3. The van der Waals surface area contributed by atoms with Crippen LogP contribution in [-0.2, 0) is 4.74 Å². The number of carbonyl (C=O) groups is 2. The Kier molecular flexibility index (Phi) is 3.18. The number of phenols is 1. The molecule has 1 aliphatic rings. The van der Waals surface area contributed by atoms with Crippen LogP contribution in [0, 0.1) is 6.92 Å². The number of hydrogen-bond acceptors (Lipinski definition) is 4. The molecule has 1 aliphatic carbocycles. The lowest BCUT2D eigenvalue weighted by Gasteiger charge is -2.19. The van der Waals surface area contributed by atoms with Crippen molar-refractivity contribution in [2.75, 3.05) is 0 Å². The van der Waals surface area contributed by atoms with Gasteiger partial charge in [0.25, 0.3) is 0 Å². The quantitative estimate of drug-likeness (QED) is 0.669. The summed E-state index contributed by atoms with van der Waals surface area (Å²) < 4.78 is 4.55. The van der Waals surface area contributed by atoms with Gasteiger partial charge < -0.3 is 14.9 Å². The lowest BCUT2D eigenvalue weighted by atomic mass is 9.90. The number of hydrogen-bond donors (Lipinski definition) is 2. The van der Waals surface area contributed by atoms with E-state index in [9.17, 15) is 14.7 Å². The molecule has 0 saturated carbocycles. The highest BCUT2D eigenvalue weighted by atomic mass is 16.7. The molecule has 0 fully saturated rings. The molecule has 110 valence electrons. The Morgan fingerprint density at radius 2 is 1.77 bits per heavy atom. The zero-order valence-electron chi connectivity index (χ0n) is 11.7. The predicted octanol–water partition coefficient (Wildman–Crippen LogP) is 3.44. The molecular formula is C17H12O5. The molecule has 22 heavy (non-hydrogen) atoms. The van der Waals surface area contributed by atoms with Crippen LogP contribution in [0.3, 0.4) is 0 Å². The lowest BCUT2D eigenvalue weighted by Crippen LogP contribution is -2.09. The van der Waals surface area contributed by atoms with Gasteiger partial charge in [0.05, 0.1) is 5.56 Å². The summed E-state index contributed by atoms with van der Waals surface area (Å²) >= 11 is 0. The summed E-state index contributed by atoms with van der Waals surface area (Å²) in [5.74, 6) is -0.336.